The molecule has 0 unspecified atom stereocenters. The van der Waals surface area contributed by atoms with Crippen molar-refractivity contribution in [1.82, 2.24) is 15.0 Å². The van der Waals surface area contributed by atoms with Crippen LogP contribution in [-0.4, -0.2) is 15.0 Å². The van der Waals surface area contributed by atoms with E-state index in [1.54, 1.807) is 0 Å². The van der Waals surface area contributed by atoms with Gasteiger partial charge in [0.15, 0.2) is 17.5 Å². The van der Waals surface area contributed by atoms with Gasteiger partial charge in [-0.25, -0.2) is 15.0 Å². The molecule has 536 valence electrons. The van der Waals surface area contributed by atoms with Gasteiger partial charge in [0.25, 0.3) is 0 Å². The van der Waals surface area contributed by atoms with Gasteiger partial charge in [0.05, 0.1) is 5.41 Å². The highest BCUT2D eigenvalue weighted by Crippen LogP contribution is 2.63. The molecule has 0 atom stereocenters. The minimum absolute atomic E-state index is 0.404. The van der Waals surface area contributed by atoms with E-state index < -0.39 is 5.41 Å². The average molecular weight is 1460 g/mol. The Bertz CT molecular complexity index is 6890. The summed E-state index contributed by atoms with van der Waals surface area (Å²) in [4.78, 5) is 16.0. The van der Waals surface area contributed by atoms with E-state index in [2.05, 4.69) is 443 Å². The summed E-state index contributed by atoms with van der Waals surface area (Å²) < 4.78 is 0. The topological polar surface area (TPSA) is 38.7 Å². The Hall–Kier alpha value is -15.0. The summed E-state index contributed by atoms with van der Waals surface area (Å²) in [6.45, 7) is 0. The fourth-order valence-electron chi connectivity index (χ4n) is 17.7. The minimum atomic E-state index is -0.404. The number of nitrogens with zero attached hydrogens (tertiary/aromatic N) is 3. The second-order valence-electron chi connectivity index (χ2n) is 30.1. The summed E-state index contributed by atoms with van der Waals surface area (Å²) in [6.07, 6.45) is 0. The second kappa shape index (κ2) is 29.0. The second-order valence-corrected chi connectivity index (χ2v) is 30.1. The molecule has 21 rings (SSSR count). The fraction of sp³-hybridized carbons (Fsp3) is 0.00893. The summed E-state index contributed by atoms with van der Waals surface area (Å²) in [5.41, 5.74) is 40.6. The maximum Gasteiger partial charge on any atom is 0.164 e. The fourth-order valence-corrected chi connectivity index (χ4v) is 17.7. The Morgan fingerprint density at radius 2 is 0.287 bits per heavy atom. The van der Waals surface area contributed by atoms with E-state index >= 15 is 0 Å². The molecule has 0 fully saturated rings. The first-order valence-corrected chi connectivity index (χ1v) is 39.5. The van der Waals surface area contributed by atoms with E-state index in [1.807, 2.05) is 0 Å². The lowest BCUT2D eigenvalue weighted by atomic mass is 9.70. The molecule has 0 saturated carbocycles. The third kappa shape index (κ3) is 12.7. The number of hydrogen-bond donors (Lipinski definition) is 0. The van der Waals surface area contributed by atoms with Crippen LogP contribution in [0.4, 0.5) is 0 Å². The van der Waals surface area contributed by atoms with Crippen molar-refractivity contribution in [2.24, 2.45) is 0 Å². The van der Waals surface area contributed by atoms with Gasteiger partial charge in [-0.2, -0.15) is 0 Å². The molecular formula is C112H73N3. The van der Waals surface area contributed by atoms with Crippen LogP contribution in [0.25, 0.3) is 190 Å². The molecule has 2 aliphatic rings. The highest BCUT2D eigenvalue weighted by atomic mass is 15.0. The molecule has 1 heterocycles. The third-order valence-corrected chi connectivity index (χ3v) is 23.4. The van der Waals surface area contributed by atoms with Crippen LogP contribution in [0.3, 0.4) is 0 Å². The van der Waals surface area contributed by atoms with Crippen LogP contribution >= 0.6 is 0 Å². The third-order valence-electron chi connectivity index (χ3n) is 23.4. The van der Waals surface area contributed by atoms with Crippen molar-refractivity contribution < 1.29 is 0 Å². The molecule has 0 amide bonds. The van der Waals surface area contributed by atoms with Crippen molar-refractivity contribution in [1.29, 1.82) is 0 Å². The summed E-state index contributed by atoms with van der Waals surface area (Å²) in [5.74, 6) is 1.76. The van der Waals surface area contributed by atoms with Crippen molar-refractivity contribution in [2.45, 2.75) is 5.41 Å². The first kappa shape index (κ1) is 68.0. The van der Waals surface area contributed by atoms with E-state index in [0.29, 0.717) is 17.5 Å². The molecule has 0 N–H and O–H groups in total. The minimum Gasteiger partial charge on any atom is -0.208 e. The Kier molecular flexibility index (Phi) is 17.2. The molecule has 0 aliphatic heterocycles. The van der Waals surface area contributed by atoms with Crippen LogP contribution in [0, 0.1) is 0 Å². The van der Waals surface area contributed by atoms with Gasteiger partial charge in [0.1, 0.15) is 0 Å². The zero-order valence-electron chi connectivity index (χ0n) is 63.0. The molecule has 3 nitrogen and oxygen atoms in total. The van der Waals surface area contributed by atoms with Gasteiger partial charge in [0, 0.05) is 16.7 Å². The van der Waals surface area contributed by atoms with Gasteiger partial charge >= 0.3 is 0 Å². The van der Waals surface area contributed by atoms with E-state index in [0.717, 1.165) is 89.0 Å². The number of aromatic nitrogens is 3. The Morgan fingerprint density at radius 1 is 0.113 bits per heavy atom. The monoisotopic (exact) mass is 1460 g/mol. The zero-order chi connectivity index (χ0) is 76.2. The van der Waals surface area contributed by atoms with E-state index in [4.69, 9.17) is 15.0 Å². The number of hydrogen-bond acceptors (Lipinski definition) is 3. The summed E-state index contributed by atoms with van der Waals surface area (Å²) in [7, 11) is 0. The van der Waals surface area contributed by atoms with Crippen LogP contribution in [0.1, 0.15) is 22.3 Å². The number of rotatable bonds is 15. The van der Waals surface area contributed by atoms with Gasteiger partial charge < -0.3 is 0 Å². The standard InChI is InChI=1S/C112H73N3/c1-3-23-74(24-4-1)80-27-13-31-84(63-80)88-35-17-37-90(67-88)86-33-15-29-82(65-86)76-53-57-78(58-54-76)109-113-110(115-111(114-109)100-46-22-45-98(72-100)96-43-20-41-94(70-96)92-39-18-36-89(68-92)85-32-14-28-81(64-85)75-25-5-2-6-26-75)79-59-55-77(56-60-79)83-30-16-34-87(66-83)91-38-19-40-93(69-91)95-42-21-44-97(71-95)99-61-62-104-103-49-9-12-52-107(103)112(108(104)73-99)105-50-10-7-47-101(105)102-48-8-11-51-106(102)112/h1-73H. The van der Waals surface area contributed by atoms with Crippen molar-refractivity contribution in [2.75, 3.05) is 0 Å². The lowest BCUT2D eigenvalue weighted by Crippen LogP contribution is -2.25. The van der Waals surface area contributed by atoms with Gasteiger partial charge in [-0.1, -0.05) is 376 Å². The maximum absolute atomic E-state index is 5.35. The first-order chi connectivity index (χ1) is 56.9. The lowest BCUT2D eigenvalue weighted by molar-refractivity contribution is 0.794. The average Bonchev–Trinajstić information content (AvgIpc) is 1.51. The van der Waals surface area contributed by atoms with Crippen LogP contribution in [0.2, 0.25) is 0 Å². The Balaban J connectivity index is 0.585. The smallest absolute Gasteiger partial charge is 0.164 e. The molecule has 19 aromatic rings. The van der Waals surface area contributed by atoms with Gasteiger partial charge in [-0.3, -0.25) is 0 Å². The number of benzene rings is 18. The molecule has 0 bridgehead atoms. The molecule has 1 aromatic heterocycles. The highest BCUT2D eigenvalue weighted by molar-refractivity contribution is 5.97. The largest absolute Gasteiger partial charge is 0.208 e. The molecule has 18 aromatic carbocycles. The summed E-state index contributed by atoms with van der Waals surface area (Å²) in [6, 6.07) is 161. The number of fused-ring (bicyclic) bond motifs is 10. The van der Waals surface area contributed by atoms with Crippen LogP contribution in [0.5, 0.6) is 0 Å². The van der Waals surface area contributed by atoms with Crippen molar-refractivity contribution >= 4 is 0 Å². The van der Waals surface area contributed by atoms with Crippen LogP contribution in [0.15, 0.2) is 443 Å². The molecule has 2 aliphatic carbocycles. The molecule has 0 radical (unpaired) electrons. The van der Waals surface area contributed by atoms with Crippen LogP contribution in [-0.2, 0) is 5.41 Å². The molecule has 1 spiro atoms. The zero-order valence-corrected chi connectivity index (χ0v) is 63.0. The predicted molar refractivity (Wildman–Crippen MR) is 478 cm³/mol. The summed E-state index contributed by atoms with van der Waals surface area (Å²) >= 11 is 0. The molecule has 0 saturated heterocycles. The molecular weight excluding hydrogens is 1390 g/mol. The van der Waals surface area contributed by atoms with Crippen molar-refractivity contribution in [3.05, 3.63) is 465 Å². The SMILES string of the molecule is c1ccc(-c2cccc(-c3cccc(-c4cccc(-c5ccc(-c6nc(-c7ccc(-c8cccc(-c9cccc(-c%10cccc(-c%11ccc%12c(c%11)C%11(c%13ccccc%13-c%13ccccc%13%11)c%11ccccc%11-%12)c%10)c9)c8)cc7)nc(-c7cccc(-c8cccc(-c9cccc(-c%10cccc(-c%11ccccc%11)c%10)c9)c8)c7)n6)cc5)c4)c3)c2)cc1. The van der Waals surface area contributed by atoms with E-state index in [1.165, 1.54) is 106 Å². The predicted octanol–water partition coefficient (Wildman–Crippen LogP) is 29.2. The van der Waals surface area contributed by atoms with Gasteiger partial charge in [-0.15, -0.1) is 0 Å². The molecule has 115 heavy (non-hydrogen) atoms. The maximum atomic E-state index is 5.35. The van der Waals surface area contributed by atoms with E-state index in [-0.39, 0.29) is 0 Å². The Labute approximate surface area is 670 Å². The lowest BCUT2D eigenvalue weighted by Gasteiger charge is -2.30. The summed E-state index contributed by atoms with van der Waals surface area (Å²) in [5, 5.41) is 0. The quantitative estimate of drug-likeness (QED) is 0.103. The van der Waals surface area contributed by atoms with Crippen molar-refractivity contribution in [3.63, 3.8) is 0 Å². The van der Waals surface area contributed by atoms with Crippen LogP contribution < -0.4 is 0 Å². The normalized spacial score (nSPS) is 12.1. The Morgan fingerprint density at radius 3 is 0.565 bits per heavy atom. The van der Waals surface area contributed by atoms with Crippen molar-refractivity contribution in [3.8, 4) is 190 Å². The first-order valence-electron chi connectivity index (χ1n) is 39.5. The highest BCUT2D eigenvalue weighted by Gasteiger charge is 2.51. The van der Waals surface area contributed by atoms with Gasteiger partial charge in [0.2, 0.25) is 0 Å². The molecule has 3 heteroatoms. The van der Waals surface area contributed by atoms with Gasteiger partial charge in [-0.05, 0) is 245 Å². The van der Waals surface area contributed by atoms with E-state index in [9.17, 15) is 0 Å².